The van der Waals surface area contributed by atoms with Crippen LogP contribution in [0.3, 0.4) is 0 Å². The molecule has 0 aromatic carbocycles. The molecule has 1 aliphatic heterocycles. The number of nitrogens with zero attached hydrogens (tertiary/aromatic N) is 2. The van der Waals surface area contributed by atoms with Gasteiger partial charge in [0.05, 0.1) is 0 Å². The van der Waals surface area contributed by atoms with Crippen molar-refractivity contribution < 1.29 is 5.11 Å². The first kappa shape index (κ1) is 9.10. The third kappa shape index (κ3) is 2.57. The van der Waals surface area contributed by atoms with Gasteiger partial charge >= 0.3 is 0 Å². The Labute approximate surface area is 73.4 Å². The van der Waals surface area contributed by atoms with Gasteiger partial charge in [-0.2, -0.15) is 0 Å². The molecular formula is C9H16N2O. The maximum absolute atomic E-state index is 9.29. The predicted octanol–water partition coefficient (Wildman–Crippen LogP) is 1.92. The number of aliphatic hydroxyl groups is 1. The van der Waals surface area contributed by atoms with Gasteiger partial charge in [-0.15, -0.1) is 0 Å². The minimum absolute atomic E-state index is 0.161. The molecule has 0 aromatic rings. The fourth-order valence-electron chi connectivity index (χ4n) is 1.20. The van der Waals surface area contributed by atoms with Gasteiger partial charge in [-0.1, -0.05) is 19.8 Å². The molecule has 0 aliphatic carbocycles. The minimum atomic E-state index is 0.161. The molecule has 1 heterocycles. The van der Waals surface area contributed by atoms with Crippen molar-refractivity contribution in [2.45, 2.75) is 26.2 Å². The molecule has 0 fully saturated rings. The zero-order chi connectivity index (χ0) is 8.81. The summed E-state index contributed by atoms with van der Waals surface area (Å²) >= 11 is 0. The Bertz CT molecular complexity index is 187. The highest BCUT2D eigenvalue weighted by atomic mass is 16.3. The first-order valence-corrected chi connectivity index (χ1v) is 4.51. The molecule has 0 aromatic heterocycles. The Kier molecular flexibility index (Phi) is 3.64. The van der Waals surface area contributed by atoms with Gasteiger partial charge in [0, 0.05) is 19.3 Å². The van der Waals surface area contributed by atoms with Gasteiger partial charge in [-0.3, -0.25) is 0 Å². The summed E-state index contributed by atoms with van der Waals surface area (Å²) in [6.45, 7) is 3.87. The molecule has 0 saturated heterocycles. The molecule has 0 atom stereocenters. The lowest BCUT2D eigenvalue weighted by Gasteiger charge is -2.21. The smallest absolute Gasteiger partial charge is 0.289 e. The zero-order valence-electron chi connectivity index (χ0n) is 7.53. The van der Waals surface area contributed by atoms with Crippen LogP contribution in [0.5, 0.6) is 0 Å². The Morgan fingerprint density at radius 1 is 1.58 bits per heavy atom. The van der Waals surface area contributed by atoms with Gasteiger partial charge in [-0.05, 0) is 12.5 Å². The van der Waals surface area contributed by atoms with E-state index < -0.39 is 0 Å². The third-order valence-corrected chi connectivity index (χ3v) is 1.94. The molecule has 12 heavy (non-hydrogen) atoms. The van der Waals surface area contributed by atoms with E-state index in [0.717, 1.165) is 19.5 Å². The fourth-order valence-corrected chi connectivity index (χ4v) is 1.20. The van der Waals surface area contributed by atoms with E-state index in [0.29, 0.717) is 0 Å². The molecule has 1 rings (SSSR count). The first-order chi connectivity index (χ1) is 5.84. The van der Waals surface area contributed by atoms with Crippen LogP contribution in [0.4, 0.5) is 0 Å². The normalized spacial score (nSPS) is 16.4. The van der Waals surface area contributed by atoms with Gasteiger partial charge in [-0.25, -0.2) is 4.99 Å². The zero-order valence-corrected chi connectivity index (χ0v) is 7.53. The molecule has 3 nitrogen and oxygen atoms in total. The lowest BCUT2D eigenvalue weighted by atomic mass is 10.2. The highest BCUT2D eigenvalue weighted by Crippen LogP contribution is 2.02. The van der Waals surface area contributed by atoms with E-state index in [9.17, 15) is 5.11 Å². The third-order valence-electron chi connectivity index (χ3n) is 1.94. The van der Waals surface area contributed by atoms with Crippen molar-refractivity contribution in [3.63, 3.8) is 0 Å². The quantitative estimate of drug-likeness (QED) is 0.651. The predicted molar refractivity (Wildman–Crippen MR) is 50.3 cm³/mol. The number of unbranched alkanes of at least 4 members (excludes halogenated alkanes) is 2. The molecule has 0 unspecified atom stereocenters. The minimum Gasteiger partial charge on any atom is -0.480 e. The second-order valence-electron chi connectivity index (χ2n) is 2.97. The molecule has 3 heteroatoms. The number of amidine groups is 1. The van der Waals surface area contributed by atoms with Crippen LogP contribution in [0.1, 0.15) is 26.2 Å². The molecular weight excluding hydrogens is 152 g/mol. The lowest BCUT2D eigenvalue weighted by Crippen LogP contribution is -2.33. The van der Waals surface area contributed by atoms with Crippen molar-refractivity contribution in [3.05, 3.63) is 12.3 Å². The van der Waals surface area contributed by atoms with Crippen LogP contribution in [0.2, 0.25) is 0 Å². The van der Waals surface area contributed by atoms with Gasteiger partial charge in [0.25, 0.3) is 6.02 Å². The summed E-state index contributed by atoms with van der Waals surface area (Å²) in [6.07, 6.45) is 7.15. The molecule has 0 bridgehead atoms. The summed E-state index contributed by atoms with van der Waals surface area (Å²) in [7, 11) is 0. The summed E-state index contributed by atoms with van der Waals surface area (Å²) in [5, 5.41) is 9.29. The van der Waals surface area contributed by atoms with E-state index in [1.165, 1.54) is 12.8 Å². The number of hydrogen-bond acceptors (Lipinski definition) is 2. The first-order valence-electron chi connectivity index (χ1n) is 4.51. The largest absolute Gasteiger partial charge is 0.480 e. The standard InChI is InChI=1S/C9H16N2O/c1-2-3-4-7-11-8-5-6-10-9(11)12/h5-6H,2-4,7-8H2,1H3,(H,10,12). The van der Waals surface area contributed by atoms with Gasteiger partial charge in [0.1, 0.15) is 0 Å². The van der Waals surface area contributed by atoms with Crippen LogP contribution in [0, 0.1) is 0 Å². The summed E-state index contributed by atoms with van der Waals surface area (Å²) < 4.78 is 0. The Balaban J connectivity index is 2.24. The number of hydrogen-bond donors (Lipinski definition) is 1. The van der Waals surface area contributed by atoms with Crippen molar-refractivity contribution in [1.29, 1.82) is 0 Å². The topological polar surface area (TPSA) is 35.8 Å². The maximum atomic E-state index is 9.29. The second-order valence-corrected chi connectivity index (χ2v) is 2.97. The van der Waals surface area contributed by atoms with E-state index in [-0.39, 0.29) is 6.02 Å². The van der Waals surface area contributed by atoms with Gasteiger partial charge in [0.2, 0.25) is 0 Å². The molecule has 1 aliphatic rings. The maximum Gasteiger partial charge on any atom is 0.289 e. The van der Waals surface area contributed by atoms with Crippen LogP contribution in [-0.4, -0.2) is 29.1 Å². The molecule has 0 radical (unpaired) electrons. The summed E-state index contributed by atoms with van der Waals surface area (Å²) in [6, 6.07) is 0.161. The highest BCUT2D eigenvalue weighted by Gasteiger charge is 2.08. The van der Waals surface area contributed by atoms with E-state index in [1.54, 1.807) is 6.20 Å². The Hall–Kier alpha value is -0.990. The van der Waals surface area contributed by atoms with E-state index in [4.69, 9.17) is 0 Å². The number of aliphatic imine (C=N–C) groups is 1. The molecule has 0 spiro atoms. The Morgan fingerprint density at radius 2 is 2.42 bits per heavy atom. The summed E-state index contributed by atoms with van der Waals surface area (Å²) in [5.74, 6) is 0. The van der Waals surface area contributed by atoms with Crippen LogP contribution < -0.4 is 0 Å². The Morgan fingerprint density at radius 3 is 3.08 bits per heavy atom. The van der Waals surface area contributed by atoms with Crippen LogP contribution >= 0.6 is 0 Å². The molecule has 0 amide bonds. The molecule has 0 saturated carbocycles. The number of aliphatic hydroxyl groups excluding tert-OH is 1. The summed E-state index contributed by atoms with van der Waals surface area (Å²) in [4.78, 5) is 5.69. The average molecular weight is 168 g/mol. The monoisotopic (exact) mass is 168 g/mol. The lowest BCUT2D eigenvalue weighted by molar-refractivity contribution is 0.343. The fraction of sp³-hybridized carbons (Fsp3) is 0.667. The highest BCUT2D eigenvalue weighted by molar-refractivity contribution is 5.73. The van der Waals surface area contributed by atoms with Crippen LogP contribution in [0.15, 0.2) is 17.3 Å². The van der Waals surface area contributed by atoms with Crippen molar-refractivity contribution >= 4 is 6.02 Å². The van der Waals surface area contributed by atoms with Crippen LogP contribution in [-0.2, 0) is 0 Å². The van der Waals surface area contributed by atoms with E-state index in [1.807, 2.05) is 11.0 Å². The van der Waals surface area contributed by atoms with Crippen molar-refractivity contribution in [1.82, 2.24) is 4.90 Å². The molecule has 1 N–H and O–H groups in total. The van der Waals surface area contributed by atoms with E-state index >= 15 is 0 Å². The van der Waals surface area contributed by atoms with E-state index in [2.05, 4.69) is 11.9 Å². The van der Waals surface area contributed by atoms with Crippen LogP contribution in [0.25, 0.3) is 0 Å². The van der Waals surface area contributed by atoms with Crippen molar-refractivity contribution in [2.24, 2.45) is 4.99 Å². The van der Waals surface area contributed by atoms with Gasteiger partial charge in [0.15, 0.2) is 0 Å². The van der Waals surface area contributed by atoms with Crippen molar-refractivity contribution in [3.8, 4) is 0 Å². The summed E-state index contributed by atoms with van der Waals surface area (Å²) in [5.41, 5.74) is 0. The SMILES string of the molecule is CCCCCN1CC=CN=C1O. The second kappa shape index (κ2) is 4.80. The van der Waals surface area contributed by atoms with Gasteiger partial charge < -0.3 is 10.0 Å². The van der Waals surface area contributed by atoms with Crippen molar-refractivity contribution in [2.75, 3.05) is 13.1 Å². The molecule has 68 valence electrons. The number of rotatable bonds is 4. The average Bonchev–Trinajstić information content (AvgIpc) is 2.09.